The maximum absolute atomic E-state index is 12.3. The molecule has 0 aromatic carbocycles. The normalized spacial score (nSPS) is 36.5. The van der Waals surface area contributed by atoms with Gasteiger partial charge in [-0.3, -0.25) is 4.79 Å². The zero-order valence-electron chi connectivity index (χ0n) is 10.5. The quantitative estimate of drug-likeness (QED) is 0.784. The Bertz CT molecular complexity index is 246. The summed E-state index contributed by atoms with van der Waals surface area (Å²) in [5.41, 5.74) is 0. The first kappa shape index (κ1) is 12.1. The number of carbonyl (C=O) groups excluding carboxylic acids is 1. The van der Waals surface area contributed by atoms with E-state index in [1.54, 1.807) is 0 Å². The van der Waals surface area contributed by atoms with Gasteiger partial charge in [-0.1, -0.05) is 0 Å². The summed E-state index contributed by atoms with van der Waals surface area (Å²) in [7, 11) is 4.14. The third-order valence-corrected chi connectivity index (χ3v) is 4.33. The SMILES string of the molecule is CNC1CCC(C(=O)C2CCN(C)C2)CC1. The highest BCUT2D eigenvalue weighted by Crippen LogP contribution is 2.29. The molecule has 1 heterocycles. The first-order chi connectivity index (χ1) is 7.70. The summed E-state index contributed by atoms with van der Waals surface area (Å²) in [6.07, 6.45) is 5.64. The maximum Gasteiger partial charge on any atom is 0.140 e. The summed E-state index contributed by atoms with van der Waals surface area (Å²) in [4.78, 5) is 14.6. The third-order valence-electron chi connectivity index (χ3n) is 4.33. The molecule has 2 aliphatic rings. The van der Waals surface area contributed by atoms with Crippen LogP contribution in [0.15, 0.2) is 0 Å². The molecular formula is C13H24N2O. The predicted molar refractivity (Wildman–Crippen MR) is 65.4 cm³/mol. The summed E-state index contributed by atoms with van der Waals surface area (Å²) >= 11 is 0. The van der Waals surface area contributed by atoms with Crippen molar-refractivity contribution < 1.29 is 4.79 Å². The van der Waals surface area contributed by atoms with Gasteiger partial charge in [0, 0.05) is 24.4 Å². The number of hydrogen-bond acceptors (Lipinski definition) is 3. The van der Waals surface area contributed by atoms with Gasteiger partial charge in [0.15, 0.2) is 0 Å². The van der Waals surface area contributed by atoms with Crippen LogP contribution in [0.4, 0.5) is 0 Å². The molecule has 0 radical (unpaired) electrons. The molecule has 1 saturated heterocycles. The van der Waals surface area contributed by atoms with Gasteiger partial charge in [0.2, 0.25) is 0 Å². The summed E-state index contributed by atoms with van der Waals surface area (Å²) in [6.45, 7) is 2.09. The van der Waals surface area contributed by atoms with Gasteiger partial charge in [-0.05, 0) is 52.7 Å². The first-order valence-electron chi connectivity index (χ1n) is 6.60. The van der Waals surface area contributed by atoms with Crippen molar-refractivity contribution in [2.45, 2.75) is 38.1 Å². The molecule has 1 saturated carbocycles. The monoisotopic (exact) mass is 224 g/mol. The Hall–Kier alpha value is -0.410. The van der Waals surface area contributed by atoms with Gasteiger partial charge >= 0.3 is 0 Å². The molecule has 0 aromatic rings. The van der Waals surface area contributed by atoms with Crippen LogP contribution < -0.4 is 5.32 Å². The Labute approximate surface area is 98.6 Å². The van der Waals surface area contributed by atoms with Crippen molar-refractivity contribution in [2.24, 2.45) is 11.8 Å². The van der Waals surface area contributed by atoms with Crippen LogP contribution in [-0.4, -0.2) is 43.9 Å². The fourth-order valence-electron chi connectivity index (χ4n) is 3.17. The first-order valence-corrected chi connectivity index (χ1v) is 6.60. The van der Waals surface area contributed by atoms with Gasteiger partial charge < -0.3 is 10.2 Å². The molecule has 0 amide bonds. The van der Waals surface area contributed by atoms with E-state index < -0.39 is 0 Å². The number of Topliss-reactive ketones (excluding diaryl/α,β-unsaturated/α-hetero) is 1. The van der Waals surface area contributed by atoms with Crippen molar-refractivity contribution >= 4 is 5.78 Å². The molecule has 0 spiro atoms. The number of hydrogen-bond donors (Lipinski definition) is 1. The van der Waals surface area contributed by atoms with Crippen molar-refractivity contribution in [3.05, 3.63) is 0 Å². The van der Waals surface area contributed by atoms with Crippen LogP contribution in [-0.2, 0) is 4.79 Å². The van der Waals surface area contributed by atoms with Crippen LogP contribution in [0.5, 0.6) is 0 Å². The Balaban J connectivity index is 1.82. The van der Waals surface area contributed by atoms with E-state index >= 15 is 0 Å². The van der Waals surface area contributed by atoms with Crippen LogP contribution >= 0.6 is 0 Å². The Morgan fingerprint density at radius 2 is 1.81 bits per heavy atom. The largest absolute Gasteiger partial charge is 0.317 e. The average Bonchev–Trinajstić information content (AvgIpc) is 2.75. The molecule has 92 valence electrons. The molecule has 3 nitrogen and oxygen atoms in total. The fourth-order valence-corrected chi connectivity index (χ4v) is 3.17. The molecule has 1 unspecified atom stereocenters. The molecule has 0 bridgehead atoms. The van der Waals surface area contributed by atoms with Gasteiger partial charge in [-0.2, -0.15) is 0 Å². The van der Waals surface area contributed by atoms with E-state index in [0.717, 1.165) is 32.4 Å². The van der Waals surface area contributed by atoms with Gasteiger partial charge in [0.05, 0.1) is 0 Å². The summed E-state index contributed by atoms with van der Waals surface area (Å²) < 4.78 is 0. The lowest BCUT2D eigenvalue weighted by atomic mass is 9.79. The van der Waals surface area contributed by atoms with Crippen LogP contribution in [0, 0.1) is 11.8 Å². The van der Waals surface area contributed by atoms with E-state index in [1.807, 2.05) is 7.05 Å². The average molecular weight is 224 g/mol. The van der Waals surface area contributed by atoms with E-state index in [-0.39, 0.29) is 0 Å². The van der Waals surface area contributed by atoms with Gasteiger partial charge in [-0.25, -0.2) is 0 Å². The standard InChI is InChI=1S/C13H24N2O/c1-14-12-5-3-10(4-6-12)13(16)11-7-8-15(2)9-11/h10-12,14H,3-9H2,1-2H3. The van der Waals surface area contributed by atoms with Crippen LogP contribution in [0.1, 0.15) is 32.1 Å². The van der Waals surface area contributed by atoms with Crippen LogP contribution in [0.3, 0.4) is 0 Å². The third kappa shape index (κ3) is 2.64. The summed E-state index contributed by atoms with van der Waals surface area (Å²) in [5.74, 6) is 1.25. The highest BCUT2D eigenvalue weighted by molar-refractivity contribution is 5.84. The number of rotatable bonds is 3. The molecule has 1 aliphatic heterocycles. The van der Waals surface area contributed by atoms with Crippen molar-refractivity contribution in [3.8, 4) is 0 Å². The minimum atomic E-state index is 0.334. The van der Waals surface area contributed by atoms with Crippen molar-refractivity contribution in [3.63, 3.8) is 0 Å². The number of nitrogens with zero attached hydrogens (tertiary/aromatic N) is 1. The van der Waals surface area contributed by atoms with Crippen LogP contribution in [0.2, 0.25) is 0 Å². The molecule has 2 rings (SSSR count). The number of ketones is 1. The predicted octanol–water partition coefficient (Wildman–Crippen LogP) is 1.29. The van der Waals surface area contributed by atoms with E-state index in [9.17, 15) is 4.79 Å². The summed E-state index contributed by atoms with van der Waals surface area (Å²) in [6, 6.07) is 0.648. The summed E-state index contributed by atoms with van der Waals surface area (Å²) in [5, 5.41) is 3.32. The smallest absolute Gasteiger partial charge is 0.140 e. The molecule has 3 heteroatoms. The topological polar surface area (TPSA) is 32.3 Å². The molecule has 2 fully saturated rings. The van der Waals surface area contributed by atoms with E-state index in [0.29, 0.717) is 23.7 Å². The van der Waals surface area contributed by atoms with Crippen molar-refractivity contribution in [1.29, 1.82) is 0 Å². The Kier molecular flexibility index (Phi) is 3.98. The minimum absolute atomic E-state index is 0.334. The van der Waals surface area contributed by atoms with E-state index in [4.69, 9.17) is 0 Å². The van der Waals surface area contributed by atoms with Crippen molar-refractivity contribution in [2.75, 3.05) is 27.2 Å². The highest BCUT2D eigenvalue weighted by atomic mass is 16.1. The molecule has 1 N–H and O–H groups in total. The second-order valence-electron chi connectivity index (χ2n) is 5.49. The second kappa shape index (κ2) is 5.28. The zero-order valence-corrected chi connectivity index (χ0v) is 10.5. The minimum Gasteiger partial charge on any atom is -0.317 e. The van der Waals surface area contributed by atoms with Crippen molar-refractivity contribution in [1.82, 2.24) is 10.2 Å². The highest BCUT2D eigenvalue weighted by Gasteiger charge is 2.33. The van der Waals surface area contributed by atoms with Gasteiger partial charge in [-0.15, -0.1) is 0 Å². The number of carbonyl (C=O) groups is 1. The Morgan fingerprint density at radius 3 is 2.31 bits per heavy atom. The molecule has 0 aromatic heterocycles. The lowest BCUT2D eigenvalue weighted by Crippen LogP contribution is -2.35. The number of likely N-dealkylation sites (tertiary alicyclic amines) is 1. The second-order valence-corrected chi connectivity index (χ2v) is 5.49. The Morgan fingerprint density at radius 1 is 1.12 bits per heavy atom. The lowest BCUT2D eigenvalue weighted by Gasteiger charge is -2.28. The molecule has 16 heavy (non-hydrogen) atoms. The molecular weight excluding hydrogens is 200 g/mol. The molecule has 1 atom stereocenters. The van der Waals surface area contributed by atoms with E-state index in [1.165, 1.54) is 12.8 Å². The van der Waals surface area contributed by atoms with Gasteiger partial charge in [0.25, 0.3) is 0 Å². The van der Waals surface area contributed by atoms with Gasteiger partial charge in [0.1, 0.15) is 5.78 Å². The fraction of sp³-hybridized carbons (Fsp3) is 0.923. The maximum atomic E-state index is 12.3. The lowest BCUT2D eigenvalue weighted by molar-refractivity contribution is -0.127. The zero-order chi connectivity index (χ0) is 11.5. The molecule has 1 aliphatic carbocycles. The van der Waals surface area contributed by atoms with Crippen LogP contribution in [0.25, 0.3) is 0 Å². The van der Waals surface area contributed by atoms with E-state index in [2.05, 4.69) is 17.3 Å². The number of nitrogens with one attached hydrogen (secondary N) is 1.